The number of rotatable bonds is 4. The van der Waals surface area contributed by atoms with Crippen LogP contribution in [0.4, 0.5) is 5.69 Å². The lowest BCUT2D eigenvalue weighted by Crippen LogP contribution is -2.34. The molecule has 0 spiro atoms. The maximum atomic E-state index is 12.2. The molecule has 2 rings (SSSR count). The Hall–Kier alpha value is -0.780. The number of hydrogen-bond acceptors (Lipinski definition) is 3. The van der Waals surface area contributed by atoms with E-state index in [1.165, 1.54) is 12.1 Å². The van der Waals surface area contributed by atoms with Gasteiger partial charge >= 0.3 is 0 Å². The molecule has 0 aliphatic heterocycles. The van der Waals surface area contributed by atoms with E-state index in [1.807, 2.05) is 6.92 Å². The molecule has 1 aromatic rings. The zero-order valence-electron chi connectivity index (χ0n) is 10.4. The van der Waals surface area contributed by atoms with Crippen LogP contribution in [0.1, 0.15) is 25.3 Å². The number of nitrogens with two attached hydrogens (primary N) is 1. The third kappa shape index (κ3) is 2.79. The molecule has 0 amide bonds. The zero-order valence-corrected chi connectivity index (χ0v) is 12.0. The van der Waals surface area contributed by atoms with Gasteiger partial charge in [-0.1, -0.05) is 11.6 Å². The fraction of sp³-hybridized carbons (Fsp3) is 0.500. The van der Waals surface area contributed by atoms with E-state index in [0.29, 0.717) is 22.2 Å². The van der Waals surface area contributed by atoms with E-state index in [-0.39, 0.29) is 10.9 Å². The molecule has 3 N–H and O–H groups in total. The lowest BCUT2D eigenvalue weighted by atomic mass is 10.2. The monoisotopic (exact) mass is 288 g/mol. The Labute approximate surface area is 113 Å². The Morgan fingerprint density at radius 3 is 2.56 bits per heavy atom. The van der Waals surface area contributed by atoms with Crippen LogP contribution in [0, 0.1) is 12.8 Å². The van der Waals surface area contributed by atoms with Crippen LogP contribution in [0.5, 0.6) is 0 Å². The van der Waals surface area contributed by atoms with Crippen molar-refractivity contribution in [2.45, 2.75) is 37.6 Å². The van der Waals surface area contributed by atoms with Gasteiger partial charge in [-0.25, -0.2) is 13.1 Å². The minimum Gasteiger partial charge on any atom is -0.398 e. The summed E-state index contributed by atoms with van der Waals surface area (Å²) in [5.74, 6) is 0.457. The van der Waals surface area contributed by atoms with Gasteiger partial charge in [0.15, 0.2) is 0 Å². The summed E-state index contributed by atoms with van der Waals surface area (Å²) >= 11 is 5.96. The van der Waals surface area contributed by atoms with Crippen LogP contribution in [0.2, 0.25) is 5.02 Å². The summed E-state index contributed by atoms with van der Waals surface area (Å²) in [5.41, 5.74) is 6.84. The zero-order chi connectivity index (χ0) is 13.5. The third-order valence-electron chi connectivity index (χ3n) is 3.34. The first kappa shape index (κ1) is 13.6. The Bertz CT molecular complexity index is 544. The van der Waals surface area contributed by atoms with Gasteiger partial charge in [-0.05, 0) is 50.3 Å². The van der Waals surface area contributed by atoms with Crippen molar-refractivity contribution in [3.8, 4) is 0 Å². The number of anilines is 1. The molecule has 1 unspecified atom stereocenters. The average Bonchev–Trinajstić information content (AvgIpc) is 3.08. The molecule has 0 bridgehead atoms. The Morgan fingerprint density at radius 1 is 1.44 bits per heavy atom. The highest BCUT2D eigenvalue weighted by Gasteiger charge is 2.31. The second-order valence-electron chi connectivity index (χ2n) is 4.87. The molecule has 1 fully saturated rings. The number of nitrogens with one attached hydrogen (secondary N) is 1. The predicted octanol–water partition coefficient (Wildman–Crippen LogP) is 2.31. The van der Waals surface area contributed by atoms with Gasteiger partial charge < -0.3 is 5.73 Å². The van der Waals surface area contributed by atoms with Crippen molar-refractivity contribution in [2.75, 3.05) is 5.73 Å². The van der Waals surface area contributed by atoms with Crippen molar-refractivity contribution < 1.29 is 8.42 Å². The summed E-state index contributed by atoms with van der Waals surface area (Å²) in [6.07, 6.45) is 2.17. The largest absolute Gasteiger partial charge is 0.398 e. The maximum Gasteiger partial charge on any atom is 0.240 e. The number of sulfonamides is 1. The fourth-order valence-electron chi connectivity index (χ4n) is 1.83. The van der Waals surface area contributed by atoms with E-state index < -0.39 is 10.0 Å². The SMILES string of the molecule is Cc1c(N)cc(S(=O)(=O)NC(C)C2CC2)cc1Cl. The highest BCUT2D eigenvalue weighted by Crippen LogP contribution is 2.33. The third-order valence-corrected chi connectivity index (χ3v) is 5.27. The van der Waals surface area contributed by atoms with E-state index in [9.17, 15) is 8.42 Å². The van der Waals surface area contributed by atoms with E-state index >= 15 is 0 Å². The second kappa shape index (κ2) is 4.72. The van der Waals surface area contributed by atoms with Crippen LogP contribution < -0.4 is 10.5 Å². The van der Waals surface area contributed by atoms with Gasteiger partial charge in [0.05, 0.1) is 4.90 Å². The molecular weight excluding hydrogens is 272 g/mol. The van der Waals surface area contributed by atoms with Crippen molar-refractivity contribution in [3.05, 3.63) is 22.7 Å². The van der Waals surface area contributed by atoms with E-state index in [4.69, 9.17) is 17.3 Å². The van der Waals surface area contributed by atoms with Crippen molar-refractivity contribution >= 4 is 27.3 Å². The maximum absolute atomic E-state index is 12.2. The van der Waals surface area contributed by atoms with E-state index in [0.717, 1.165) is 12.8 Å². The smallest absolute Gasteiger partial charge is 0.240 e. The number of nitrogen functional groups attached to an aromatic ring is 1. The summed E-state index contributed by atoms with van der Waals surface area (Å²) in [5, 5.41) is 0.370. The first-order chi connectivity index (χ1) is 8.31. The molecule has 6 heteroatoms. The van der Waals surface area contributed by atoms with Gasteiger partial charge in [-0.15, -0.1) is 0 Å². The quantitative estimate of drug-likeness (QED) is 0.835. The molecule has 1 atom stereocenters. The Kier molecular flexibility index (Phi) is 3.58. The number of halogens is 1. The van der Waals surface area contributed by atoms with Crippen LogP contribution in [0.15, 0.2) is 17.0 Å². The van der Waals surface area contributed by atoms with Crippen LogP contribution in [-0.4, -0.2) is 14.5 Å². The lowest BCUT2D eigenvalue weighted by Gasteiger charge is -2.14. The van der Waals surface area contributed by atoms with Gasteiger partial charge in [0.25, 0.3) is 0 Å². The predicted molar refractivity (Wildman–Crippen MR) is 73.1 cm³/mol. The lowest BCUT2D eigenvalue weighted by molar-refractivity contribution is 0.538. The first-order valence-corrected chi connectivity index (χ1v) is 7.75. The molecular formula is C12H17ClN2O2S. The summed E-state index contributed by atoms with van der Waals surface area (Å²) < 4.78 is 27.0. The average molecular weight is 289 g/mol. The molecule has 100 valence electrons. The minimum absolute atomic E-state index is 0.0451. The van der Waals surface area contributed by atoms with Crippen LogP contribution in [0.3, 0.4) is 0 Å². The van der Waals surface area contributed by atoms with Crippen LogP contribution in [-0.2, 0) is 10.0 Å². The molecule has 4 nitrogen and oxygen atoms in total. The van der Waals surface area contributed by atoms with Gasteiger partial charge in [-0.2, -0.15) is 0 Å². The molecule has 0 heterocycles. The molecule has 0 saturated heterocycles. The van der Waals surface area contributed by atoms with Gasteiger partial charge in [0.1, 0.15) is 0 Å². The first-order valence-electron chi connectivity index (χ1n) is 5.89. The Balaban J connectivity index is 2.29. The van der Waals surface area contributed by atoms with Crippen LogP contribution >= 0.6 is 11.6 Å². The number of benzene rings is 1. The molecule has 0 aromatic heterocycles. The summed E-state index contributed by atoms with van der Waals surface area (Å²) in [7, 11) is -3.54. The van der Waals surface area contributed by atoms with Gasteiger partial charge in [0, 0.05) is 16.8 Å². The van der Waals surface area contributed by atoms with Crippen molar-refractivity contribution in [1.29, 1.82) is 0 Å². The molecule has 1 aromatic carbocycles. The van der Waals surface area contributed by atoms with Crippen LogP contribution in [0.25, 0.3) is 0 Å². The highest BCUT2D eigenvalue weighted by atomic mass is 35.5. The molecule has 1 aliphatic carbocycles. The molecule has 18 heavy (non-hydrogen) atoms. The van der Waals surface area contributed by atoms with E-state index in [1.54, 1.807) is 6.92 Å². The topological polar surface area (TPSA) is 72.2 Å². The van der Waals surface area contributed by atoms with Crippen molar-refractivity contribution in [2.24, 2.45) is 5.92 Å². The molecule has 1 saturated carbocycles. The Morgan fingerprint density at radius 2 is 2.06 bits per heavy atom. The number of hydrogen-bond donors (Lipinski definition) is 2. The minimum atomic E-state index is -3.54. The normalized spacial score (nSPS) is 17.7. The van der Waals surface area contributed by atoms with E-state index in [2.05, 4.69) is 4.72 Å². The fourth-order valence-corrected chi connectivity index (χ4v) is 3.50. The van der Waals surface area contributed by atoms with Gasteiger partial charge in [-0.3, -0.25) is 0 Å². The standard InChI is InChI=1S/C12H17ClN2O2S/c1-7-11(13)5-10(6-12(7)14)18(16,17)15-8(2)9-3-4-9/h5-6,8-9,15H,3-4,14H2,1-2H3. The van der Waals surface area contributed by atoms with Gasteiger partial charge in [0.2, 0.25) is 10.0 Å². The second-order valence-corrected chi connectivity index (χ2v) is 6.99. The molecule has 1 aliphatic rings. The summed E-state index contributed by atoms with van der Waals surface area (Å²) in [6, 6.07) is 2.84. The summed E-state index contributed by atoms with van der Waals surface area (Å²) in [4.78, 5) is 0.128. The molecule has 0 radical (unpaired) electrons. The highest BCUT2D eigenvalue weighted by molar-refractivity contribution is 7.89. The van der Waals surface area contributed by atoms with Crippen molar-refractivity contribution in [3.63, 3.8) is 0 Å². The summed E-state index contributed by atoms with van der Waals surface area (Å²) in [6.45, 7) is 3.64. The van der Waals surface area contributed by atoms with Crippen molar-refractivity contribution in [1.82, 2.24) is 4.72 Å².